The Morgan fingerprint density at radius 2 is 1.68 bits per heavy atom. The van der Waals surface area contributed by atoms with E-state index < -0.39 is 0 Å². The van der Waals surface area contributed by atoms with Crippen LogP contribution in [-0.4, -0.2) is 18.5 Å². The molecule has 3 heteroatoms. The van der Waals surface area contributed by atoms with E-state index in [2.05, 4.69) is 19.2 Å². The first-order valence-corrected chi connectivity index (χ1v) is 8.00. The van der Waals surface area contributed by atoms with Gasteiger partial charge in [0.25, 0.3) is 0 Å². The van der Waals surface area contributed by atoms with Gasteiger partial charge >= 0.3 is 0 Å². The van der Waals surface area contributed by atoms with Gasteiger partial charge in [-0.05, 0) is 69.2 Å². The lowest BCUT2D eigenvalue weighted by Gasteiger charge is -2.35. The van der Waals surface area contributed by atoms with Crippen molar-refractivity contribution in [3.63, 3.8) is 0 Å². The number of carbonyl (C=O) groups is 1. The zero-order valence-electron chi connectivity index (χ0n) is 12.6. The average Bonchev–Trinajstić information content (AvgIpc) is 2.41. The van der Waals surface area contributed by atoms with Gasteiger partial charge in [-0.15, -0.1) is 0 Å². The molecule has 0 bridgehead atoms. The molecule has 2 saturated carbocycles. The van der Waals surface area contributed by atoms with E-state index in [1.807, 2.05) is 0 Å². The van der Waals surface area contributed by atoms with Gasteiger partial charge in [-0.25, -0.2) is 0 Å². The van der Waals surface area contributed by atoms with Crippen LogP contribution in [0.25, 0.3) is 0 Å². The van der Waals surface area contributed by atoms with Crippen molar-refractivity contribution in [2.24, 2.45) is 23.0 Å². The minimum Gasteiger partial charge on any atom is -0.353 e. The number of carbonyl (C=O) groups excluding carboxylic acids is 1. The molecule has 2 rings (SSSR count). The standard InChI is InChI=1S/C16H30N2O/c1-16(2)9-7-14(8-10-16)18-15(19)13-5-3-12(11-17)4-6-13/h12-14H,3-11,17H2,1-2H3,(H,18,19). The molecule has 3 N–H and O–H groups in total. The highest BCUT2D eigenvalue weighted by Gasteiger charge is 2.30. The van der Waals surface area contributed by atoms with Crippen molar-refractivity contribution >= 4 is 5.91 Å². The smallest absolute Gasteiger partial charge is 0.223 e. The van der Waals surface area contributed by atoms with Gasteiger partial charge in [0, 0.05) is 12.0 Å². The van der Waals surface area contributed by atoms with Crippen LogP contribution in [-0.2, 0) is 4.79 Å². The zero-order chi connectivity index (χ0) is 13.9. The van der Waals surface area contributed by atoms with E-state index in [1.54, 1.807) is 0 Å². The minimum absolute atomic E-state index is 0.248. The summed E-state index contributed by atoms with van der Waals surface area (Å²) in [4.78, 5) is 12.3. The molecule has 0 spiro atoms. The van der Waals surface area contributed by atoms with Crippen LogP contribution >= 0.6 is 0 Å². The van der Waals surface area contributed by atoms with Crippen LogP contribution in [0.4, 0.5) is 0 Å². The lowest BCUT2D eigenvalue weighted by molar-refractivity contribution is -0.127. The van der Waals surface area contributed by atoms with E-state index in [0.29, 0.717) is 23.3 Å². The molecule has 2 aliphatic carbocycles. The summed E-state index contributed by atoms with van der Waals surface area (Å²) in [5.41, 5.74) is 6.17. The summed E-state index contributed by atoms with van der Waals surface area (Å²) in [5.74, 6) is 1.21. The fourth-order valence-electron chi connectivity index (χ4n) is 3.52. The topological polar surface area (TPSA) is 55.1 Å². The number of amides is 1. The van der Waals surface area contributed by atoms with E-state index in [4.69, 9.17) is 5.73 Å². The maximum absolute atomic E-state index is 12.3. The van der Waals surface area contributed by atoms with Crippen LogP contribution in [0.3, 0.4) is 0 Å². The Labute approximate surface area is 117 Å². The van der Waals surface area contributed by atoms with Crippen molar-refractivity contribution in [3.05, 3.63) is 0 Å². The Bertz CT molecular complexity index is 296. The molecule has 2 aliphatic rings. The first-order chi connectivity index (χ1) is 9.00. The highest BCUT2D eigenvalue weighted by molar-refractivity contribution is 5.79. The Kier molecular flexibility index (Phi) is 4.88. The Balaban J connectivity index is 1.73. The van der Waals surface area contributed by atoms with E-state index in [9.17, 15) is 4.79 Å². The molecule has 0 aromatic carbocycles. The van der Waals surface area contributed by atoms with Crippen LogP contribution < -0.4 is 11.1 Å². The zero-order valence-corrected chi connectivity index (χ0v) is 12.6. The van der Waals surface area contributed by atoms with Crippen LogP contribution in [0.15, 0.2) is 0 Å². The third-order valence-electron chi connectivity index (χ3n) is 5.24. The molecule has 0 unspecified atom stereocenters. The van der Waals surface area contributed by atoms with Gasteiger partial charge < -0.3 is 11.1 Å². The first-order valence-electron chi connectivity index (χ1n) is 8.00. The van der Waals surface area contributed by atoms with E-state index in [1.165, 1.54) is 12.8 Å². The van der Waals surface area contributed by atoms with Crippen molar-refractivity contribution in [1.82, 2.24) is 5.32 Å². The Morgan fingerprint density at radius 1 is 1.11 bits per heavy atom. The Morgan fingerprint density at radius 3 is 2.21 bits per heavy atom. The van der Waals surface area contributed by atoms with Gasteiger partial charge in [-0.2, -0.15) is 0 Å². The van der Waals surface area contributed by atoms with Gasteiger partial charge in [0.2, 0.25) is 5.91 Å². The predicted octanol–water partition coefficient (Wildman–Crippen LogP) is 2.84. The Hall–Kier alpha value is -0.570. The summed E-state index contributed by atoms with van der Waals surface area (Å²) in [5, 5.41) is 3.29. The molecule has 1 amide bonds. The molecule has 0 radical (unpaired) electrons. The number of nitrogens with one attached hydrogen (secondary N) is 1. The maximum Gasteiger partial charge on any atom is 0.223 e. The summed E-state index contributed by atoms with van der Waals surface area (Å²) >= 11 is 0. The molecule has 0 atom stereocenters. The fraction of sp³-hybridized carbons (Fsp3) is 0.938. The maximum atomic E-state index is 12.3. The molecule has 0 saturated heterocycles. The highest BCUT2D eigenvalue weighted by atomic mass is 16.1. The van der Waals surface area contributed by atoms with Crippen LogP contribution in [0, 0.1) is 17.3 Å². The molecule has 0 heterocycles. The van der Waals surface area contributed by atoms with E-state index in [-0.39, 0.29) is 5.92 Å². The third-order valence-corrected chi connectivity index (χ3v) is 5.24. The van der Waals surface area contributed by atoms with Crippen molar-refractivity contribution in [2.75, 3.05) is 6.54 Å². The molecule has 0 aliphatic heterocycles. The minimum atomic E-state index is 0.248. The van der Waals surface area contributed by atoms with Crippen LogP contribution in [0.1, 0.15) is 65.2 Å². The molecule has 19 heavy (non-hydrogen) atoms. The first kappa shape index (κ1) is 14.8. The van der Waals surface area contributed by atoms with E-state index >= 15 is 0 Å². The van der Waals surface area contributed by atoms with Gasteiger partial charge in [0.1, 0.15) is 0 Å². The highest BCUT2D eigenvalue weighted by Crippen LogP contribution is 2.35. The summed E-state index contributed by atoms with van der Waals surface area (Å²) in [6, 6.07) is 0.424. The molecule has 3 nitrogen and oxygen atoms in total. The molecular formula is C16H30N2O. The quantitative estimate of drug-likeness (QED) is 0.825. The largest absolute Gasteiger partial charge is 0.353 e. The monoisotopic (exact) mass is 266 g/mol. The van der Waals surface area contributed by atoms with Crippen molar-refractivity contribution in [1.29, 1.82) is 0 Å². The lowest BCUT2D eigenvalue weighted by atomic mass is 9.75. The summed E-state index contributed by atoms with van der Waals surface area (Å²) in [7, 11) is 0. The summed E-state index contributed by atoms with van der Waals surface area (Å²) in [6.45, 7) is 5.45. The van der Waals surface area contributed by atoms with Gasteiger partial charge in [-0.3, -0.25) is 4.79 Å². The second-order valence-corrected chi connectivity index (χ2v) is 7.40. The van der Waals surface area contributed by atoms with Crippen molar-refractivity contribution in [3.8, 4) is 0 Å². The predicted molar refractivity (Wildman–Crippen MR) is 78.7 cm³/mol. The summed E-state index contributed by atoms with van der Waals surface area (Å²) < 4.78 is 0. The van der Waals surface area contributed by atoms with Gasteiger partial charge in [0.05, 0.1) is 0 Å². The number of rotatable bonds is 3. The number of hydrogen-bond acceptors (Lipinski definition) is 2. The van der Waals surface area contributed by atoms with Gasteiger partial charge in [-0.1, -0.05) is 13.8 Å². The van der Waals surface area contributed by atoms with Gasteiger partial charge in [0.15, 0.2) is 0 Å². The fourth-order valence-corrected chi connectivity index (χ4v) is 3.52. The third kappa shape index (κ3) is 4.20. The van der Waals surface area contributed by atoms with Crippen molar-refractivity contribution in [2.45, 2.75) is 71.3 Å². The van der Waals surface area contributed by atoms with E-state index in [0.717, 1.165) is 45.1 Å². The molecule has 0 aromatic heterocycles. The summed E-state index contributed by atoms with van der Waals surface area (Å²) in [6.07, 6.45) is 9.10. The lowest BCUT2D eigenvalue weighted by Crippen LogP contribution is -2.43. The molecular weight excluding hydrogens is 236 g/mol. The second-order valence-electron chi connectivity index (χ2n) is 7.40. The number of nitrogens with two attached hydrogens (primary N) is 1. The SMILES string of the molecule is CC1(C)CCC(NC(=O)C2CCC(CN)CC2)CC1. The average molecular weight is 266 g/mol. The second kappa shape index (κ2) is 6.25. The molecule has 2 fully saturated rings. The normalized spacial score (nSPS) is 31.9. The van der Waals surface area contributed by atoms with Crippen molar-refractivity contribution < 1.29 is 4.79 Å². The molecule has 0 aromatic rings. The van der Waals surface area contributed by atoms with Crippen LogP contribution in [0.5, 0.6) is 0 Å². The van der Waals surface area contributed by atoms with Crippen LogP contribution in [0.2, 0.25) is 0 Å². The number of hydrogen-bond donors (Lipinski definition) is 2. The molecule has 110 valence electrons.